The number of carbonyl (C=O) groups is 3. The lowest BCUT2D eigenvalue weighted by Crippen LogP contribution is -2.36. The predicted molar refractivity (Wildman–Crippen MR) is 121 cm³/mol. The van der Waals surface area contributed by atoms with E-state index >= 15 is 0 Å². The van der Waals surface area contributed by atoms with Crippen LogP contribution in [-0.4, -0.2) is 41.6 Å². The van der Waals surface area contributed by atoms with Crippen LogP contribution in [0.4, 0.5) is 20.6 Å². The number of benzene rings is 2. The molecule has 2 fully saturated rings. The zero-order valence-electron chi connectivity index (χ0n) is 16.4. The van der Waals surface area contributed by atoms with Gasteiger partial charge in [-0.25, -0.2) is 4.39 Å². The van der Waals surface area contributed by atoms with E-state index in [4.69, 9.17) is 11.6 Å². The molecule has 6 nitrogen and oxygen atoms in total. The molecule has 0 unspecified atom stereocenters. The summed E-state index contributed by atoms with van der Waals surface area (Å²) < 4.78 is 13.2. The van der Waals surface area contributed by atoms with Crippen molar-refractivity contribution in [1.82, 2.24) is 4.90 Å². The first-order valence-electron chi connectivity index (χ1n) is 9.76. The summed E-state index contributed by atoms with van der Waals surface area (Å²) in [5, 5.41) is 1.85. The molecule has 0 saturated carbocycles. The molecule has 0 aromatic heterocycles. The van der Waals surface area contributed by atoms with Crippen LogP contribution >= 0.6 is 23.4 Å². The van der Waals surface area contributed by atoms with E-state index in [2.05, 4.69) is 10.2 Å². The summed E-state index contributed by atoms with van der Waals surface area (Å²) >= 11 is 6.49. The Balaban J connectivity index is 1.40. The van der Waals surface area contributed by atoms with Crippen molar-refractivity contribution in [3.8, 4) is 0 Å². The zero-order valence-corrected chi connectivity index (χ0v) is 18.0. The summed E-state index contributed by atoms with van der Waals surface area (Å²) in [5.74, 6) is -1.71. The monoisotopic (exact) mass is 459 g/mol. The molecule has 0 bridgehead atoms. The quantitative estimate of drug-likeness (QED) is 0.653. The smallest absolute Gasteiger partial charge is 0.294 e. The lowest BCUT2D eigenvalue weighted by atomic mass is 10.2. The average molecular weight is 460 g/mol. The lowest BCUT2D eigenvalue weighted by molar-refractivity contribution is -0.127. The van der Waals surface area contributed by atoms with E-state index in [9.17, 15) is 18.8 Å². The largest absolute Gasteiger partial charge is 0.372 e. The molecule has 0 atom stereocenters. The highest BCUT2D eigenvalue weighted by Gasteiger charge is 2.36. The Labute approximate surface area is 188 Å². The van der Waals surface area contributed by atoms with Gasteiger partial charge in [-0.2, -0.15) is 0 Å². The molecule has 2 aromatic rings. The van der Waals surface area contributed by atoms with E-state index in [0.717, 1.165) is 47.1 Å². The third-order valence-electron chi connectivity index (χ3n) is 5.04. The molecule has 0 aliphatic carbocycles. The summed E-state index contributed by atoms with van der Waals surface area (Å²) in [6.07, 6.45) is 4.03. The Kier molecular flexibility index (Phi) is 6.29. The van der Waals surface area contributed by atoms with Gasteiger partial charge in [0.15, 0.2) is 0 Å². The highest BCUT2D eigenvalue weighted by Crippen LogP contribution is 2.32. The summed E-state index contributed by atoms with van der Waals surface area (Å²) in [6, 6.07) is 11.5. The van der Waals surface area contributed by atoms with E-state index in [0.29, 0.717) is 0 Å². The maximum absolute atomic E-state index is 13.2. The predicted octanol–water partition coefficient (Wildman–Crippen LogP) is 4.75. The molecule has 2 saturated heterocycles. The molecule has 2 aromatic carbocycles. The number of rotatable bonds is 5. The van der Waals surface area contributed by atoms with Gasteiger partial charge in [0, 0.05) is 24.5 Å². The van der Waals surface area contributed by atoms with E-state index in [1.165, 1.54) is 25.0 Å². The van der Waals surface area contributed by atoms with Gasteiger partial charge >= 0.3 is 0 Å². The van der Waals surface area contributed by atoms with Gasteiger partial charge in [0.2, 0.25) is 5.91 Å². The van der Waals surface area contributed by atoms with Crippen LogP contribution in [0.5, 0.6) is 0 Å². The molecule has 2 aliphatic heterocycles. The fourth-order valence-electron chi connectivity index (χ4n) is 3.46. The third kappa shape index (κ3) is 4.91. The SMILES string of the molecule is O=C(CN1C(=O)S/C(=C/c2ccc(N3CCCC3)cc2)C1=O)Nc1ccc(F)c(Cl)c1. The molecule has 9 heteroatoms. The number of carbonyl (C=O) groups excluding carboxylic acids is 3. The van der Waals surface area contributed by atoms with E-state index < -0.39 is 29.4 Å². The normalized spacial score (nSPS) is 17.7. The first-order chi connectivity index (χ1) is 14.9. The first kappa shape index (κ1) is 21.4. The maximum Gasteiger partial charge on any atom is 0.294 e. The molecule has 31 heavy (non-hydrogen) atoms. The Bertz CT molecular complexity index is 1070. The fraction of sp³-hybridized carbons (Fsp3) is 0.227. The van der Waals surface area contributed by atoms with Gasteiger partial charge in [-0.1, -0.05) is 23.7 Å². The van der Waals surface area contributed by atoms with Gasteiger partial charge in [0.05, 0.1) is 9.93 Å². The highest BCUT2D eigenvalue weighted by atomic mass is 35.5. The van der Waals surface area contributed by atoms with Crippen molar-refractivity contribution in [3.63, 3.8) is 0 Å². The Hall–Kier alpha value is -2.84. The number of amides is 3. The molecule has 4 rings (SSSR count). The van der Waals surface area contributed by atoms with Crippen LogP contribution in [0.2, 0.25) is 5.02 Å². The van der Waals surface area contributed by atoms with E-state index in [1.807, 2.05) is 24.3 Å². The number of nitrogens with one attached hydrogen (secondary N) is 1. The van der Waals surface area contributed by atoms with Gasteiger partial charge in [-0.05, 0) is 66.6 Å². The summed E-state index contributed by atoms with van der Waals surface area (Å²) in [5.41, 5.74) is 2.22. The molecule has 3 amide bonds. The van der Waals surface area contributed by atoms with Crippen molar-refractivity contribution >= 4 is 57.9 Å². The van der Waals surface area contributed by atoms with E-state index in [1.54, 1.807) is 6.08 Å². The molecule has 0 radical (unpaired) electrons. The second kappa shape index (κ2) is 9.11. The number of hydrogen-bond acceptors (Lipinski definition) is 5. The van der Waals surface area contributed by atoms with Crippen LogP contribution in [0.1, 0.15) is 18.4 Å². The topological polar surface area (TPSA) is 69.7 Å². The highest BCUT2D eigenvalue weighted by molar-refractivity contribution is 8.18. The second-order valence-electron chi connectivity index (χ2n) is 7.23. The van der Waals surface area contributed by atoms with Crippen LogP contribution in [0.25, 0.3) is 6.08 Å². The summed E-state index contributed by atoms with van der Waals surface area (Å²) in [4.78, 5) is 40.6. The van der Waals surface area contributed by atoms with Crippen LogP contribution in [0, 0.1) is 5.82 Å². The minimum atomic E-state index is -0.607. The van der Waals surface area contributed by atoms with Crippen molar-refractivity contribution in [2.24, 2.45) is 0 Å². The van der Waals surface area contributed by atoms with Crippen molar-refractivity contribution in [2.45, 2.75) is 12.8 Å². The Morgan fingerprint density at radius 1 is 1.13 bits per heavy atom. The molecule has 0 spiro atoms. The van der Waals surface area contributed by atoms with Crippen molar-refractivity contribution in [2.75, 3.05) is 29.9 Å². The van der Waals surface area contributed by atoms with Crippen molar-refractivity contribution in [1.29, 1.82) is 0 Å². The minimum absolute atomic E-state index is 0.136. The van der Waals surface area contributed by atoms with Gasteiger partial charge in [0.1, 0.15) is 12.4 Å². The van der Waals surface area contributed by atoms with Gasteiger partial charge in [0.25, 0.3) is 11.1 Å². The third-order valence-corrected chi connectivity index (χ3v) is 6.24. The minimum Gasteiger partial charge on any atom is -0.372 e. The van der Waals surface area contributed by atoms with Gasteiger partial charge in [-0.15, -0.1) is 0 Å². The van der Waals surface area contributed by atoms with Crippen molar-refractivity contribution < 1.29 is 18.8 Å². The molecular formula is C22H19ClFN3O3S. The number of imide groups is 1. The van der Waals surface area contributed by atoms with Gasteiger partial charge < -0.3 is 10.2 Å². The molecule has 160 valence electrons. The molecule has 2 heterocycles. The summed E-state index contributed by atoms with van der Waals surface area (Å²) in [7, 11) is 0. The zero-order chi connectivity index (χ0) is 22.0. The number of anilines is 2. The molecular weight excluding hydrogens is 441 g/mol. The number of halogens is 2. The number of hydrogen-bond donors (Lipinski definition) is 1. The van der Waals surface area contributed by atoms with Crippen LogP contribution in [-0.2, 0) is 9.59 Å². The number of nitrogens with zero attached hydrogens (tertiary/aromatic N) is 2. The molecule has 1 N–H and O–H groups in total. The average Bonchev–Trinajstić information content (AvgIpc) is 3.36. The van der Waals surface area contributed by atoms with Gasteiger partial charge in [-0.3, -0.25) is 19.3 Å². The van der Waals surface area contributed by atoms with Crippen LogP contribution in [0.15, 0.2) is 47.4 Å². The molecule has 2 aliphatic rings. The van der Waals surface area contributed by atoms with E-state index in [-0.39, 0.29) is 15.6 Å². The van der Waals surface area contributed by atoms with Crippen LogP contribution in [0.3, 0.4) is 0 Å². The summed E-state index contributed by atoms with van der Waals surface area (Å²) in [6.45, 7) is 1.65. The second-order valence-corrected chi connectivity index (χ2v) is 8.63. The van der Waals surface area contributed by atoms with Crippen LogP contribution < -0.4 is 10.2 Å². The van der Waals surface area contributed by atoms with Crippen molar-refractivity contribution in [3.05, 3.63) is 63.8 Å². The standard InChI is InChI=1S/C22H19ClFN3O3S/c23-17-12-15(5-8-18(17)24)25-20(28)13-27-21(29)19(31-22(27)30)11-14-3-6-16(7-4-14)26-9-1-2-10-26/h3-8,11-12H,1-2,9-10,13H2,(H,25,28)/b19-11+. The fourth-order valence-corrected chi connectivity index (χ4v) is 4.48. The Morgan fingerprint density at radius 3 is 2.52 bits per heavy atom. The Morgan fingerprint density at radius 2 is 1.84 bits per heavy atom. The first-order valence-corrected chi connectivity index (χ1v) is 11.0. The maximum atomic E-state index is 13.2. The number of thioether (sulfide) groups is 1. The lowest BCUT2D eigenvalue weighted by Gasteiger charge is -2.17.